The van der Waals surface area contributed by atoms with Gasteiger partial charge in [-0.3, -0.25) is 14.4 Å². The number of nitrogens with zero attached hydrogens (tertiary/aromatic N) is 1. The number of benzene rings is 1. The molecule has 128 valence electrons. The minimum atomic E-state index is -1.13. The SMILES string of the molecule is CCN1C(=O)C(CC(=O)O)=C(C(=O)c2ccc(OC)cc2)[C@@H]1SC. The van der Waals surface area contributed by atoms with E-state index in [4.69, 9.17) is 9.84 Å². The summed E-state index contributed by atoms with van der Waals surface area (Å²) in [7, 11) is 1.53. The summed E-state index contributed by atoms with van der Waals surface area (Å²) in [4.78, 5) is 38.1. The number of rotatable bonds is 7. The van der Waals surface area contributed by atoms with Crippen LogP contribution < -0.4 is 4.74 Å². The molecule has 2 rings (SSSR count). The van der Waals surface area contributed by atoms with Crippen molar-refractivity contribution in [2.45, 2.75) is 18.7 Å². The fraction of sp³-hybridized carbons (Fsp3) is 0.353. The number of thioether (sulfide) groups is 1. The van der Waals surface area contributed by atoms with Gasteiger partial charge in [0.2, 0.25) is 0 Å². The van der Waals surface area contributed by atoms with E-state index >= 15 is 0 Å². The largest absolute Gasteiger partial charge is 0.497 e. The third kappa shape index (κ3) is 3.31. The van der Waals surface area contributed by atoms with Crippen LogP contribution in [0.4, 0.5) is 0 Å². The summed E-state index contributed by atoms with van der Waals surface area (Å²) in [6.45, 7) is 2.22. The third-order valence-corrected chi connectivity index (χ3v) is 4.80. The van der Waals surface area contributed by atoms with E-state index in [0.717, 1.165) is 0 Å². The molecule has 1 aromatic carbocycles. The van der Waals surface area contributed by atoms with Crippen molar-refractivity contribution in [1.29, 1.82) is 0 Å². The monoisotopic (exact) mass is 349 g/mol. The lowest BCUT2D eigenvalue weighted by Gasteiger charge is -2.23. The Kier molecular flexibility index (Phi) is 5.66. The van der Waals surface area contributed by atoms with Gasteiger partial charge in [-0.1, -0.05) is 0 Å². The smallest absolute Gasteiger partial charge is 0.308 e. The number of likely N-dealkylation sites (N-methyl/N-ethyl adjacent to an activating group) is 1. The van der Waals surface area contributed by atoms with Gasteiger partial charge in [-0.25, -0.2) is 0 Å². The quantitative estimate of drug-likeness (QED) is 0.760. The van der Waals surface area contributed by atoms with Gasteiger partial charge in [0.15, 0.2) is 5.78 Å². The van der Waals surface area contributed by atoms with E-state index in [0.29, 0.717) is 17.9 Å². The van der Waals surface area contributed by atoms with Crippen LogP contribution in [-0.4, -0.2) is 53.0 Å². The molecule has 0 aromatic heterocycles. The first kappa shape index (κ1) is 18.1. The molecule has 1 atom stereocenters. The van der Waals surface area contributed by atoms with Crippen molar-refractivity contribution in [3.05, 3.63) is 41.0 Å². The van der Waals surface area contributed by atoms with Gasteiger partial charge in [-0.15, -0.1) is 11.8 Å². The summed E-state index contributed by atoms with van der Waals surface area (Å²) in [5.41, 5.74) is 0.741. The lowest BCUT2D eigenvalue weighted by atomic mass is 9.98. The highest BCUT2D eigenvalue weighted by Gasteiger charge is 2.41. The highest BCUT2D eigenvalue weighted by Crippen LogP contribution is 2.35. The number of carboxylic acids is 1. The molecular weight excluding hydrogens is 330 g/mol. The first-order valence-corrected chi connectivity index (χ1v) is 8.70. The Morgan fingerprint density at radius 2 is 1.92 bits per heavy atom. The number of hydrogen-bond donors (Lipinski definition) is 1. The molecule has 0 aliphatic carbocycles. The molecule has 1 aromatic rings. The first-order chi connectivity index (χ1) is 11.4. The second-order valence-electron chi connectivity index (χ2n) is 5.20. The molecule has 0 spiro atoms. The number of carbonyl (C=O) groups is 3. The molecule has 1 N–H and O–H groups in total. The molecule has 1 amide bonds. The van der Waals surface area contributed by atoms with Crippen LogP contribution in [0.3, 0.4) is 0 Å². The lowest BCUT2D eigenvalue weighted by molar-refractivity contribution is -0.137. The fourth-order valence-corrected chi connectivity index (χ4v) is 3.71. The van der Waals surface area contributed by atoms with Crippen LogP contribution in [0, 0.1) is 0 Å². The Hall–Kier alpha value is -2.28. The lowest BCUT2D eigenvalue weighted by Crippen LogP contribution is -2.34. The molecule has 0 saturated carbocycles. The Bertz CT molecular complexity index is 695. The zero-order chi connectivity index (χ0) is 17.9. The topological polar surface area (TPSA) is 83.9 Å². The van der Waals surface area contributed by atoms with Crippen molar-refractivity contribution in [2.24, 2.45) is 0 Å². The van der Waals surface area contributed by atoms with Crippen molar-refractivity contribution < 1.29 is 24.2 Å². The van der Waals surface area contributed by atoms with Gasteiger partial charge in [0.1, 0.15) is 11.1 Å². The Morgan fingerprint density at radius 1 is 1.29 bits per heavy atom. The summed E-state index contributed by atoms with van der Waals surface area (Å²) >= 11 is 1.35. The van der Waals surface area contributed by atoms with Gasteiger partial charge >= 0.3 is 5.97 Å². The molecule has 7 heteroatoms. The van der Waals surface area contributed by atoms with E-state index in [-0.39, 0.29) is 22.8 Å². The summed E-state index contributed by atoms with van der Waals surface area (Å²) in [5.74, 6) is -1.21. The molecule has 0 unspecified atom stereocenters. The molecular formula is C17H19NO5S. The van der Waals surface area contributed by atoms with Crippen molar-refractivity contribution in [3.63, 3.8) is 0 Å². The molecule has 0 saturated heterocycles. The highest BCUT2D eigenvalue weighted by molar-refractivity contribution is 7.99. The summed E-state index contributed by atoms with van der Waals surface area (Å²) in [6, 6.07) is 6.55. The third-order valence-electron chi connectivity index (χ3n) is 3.86. The fourth-order valence-electron chi connectivity index (χ4n) is 2.72. The number of ketones is 1. The van der Waals surface area contributed by atoms with Gasteiger partial charge < -0.3 is 14.7 Å². The molecule has 6 nitrogen and oxygen atoms in total. The normalized spacial score (nSPS) is 17.4. The zero-order valence-corrected chi connectivity index (χ0v) is 14.6. The second-order valence-corrected chi connectivity index (χ2v) is 6.12. The van der Waals surface area contributed by atoms with Crippen LogP contribution in [-0.2, 0) is 9.59 Å². The molecule has 0 radical (unpaired) electrons. The molecule has 1 aliphatic rings. The maximum atomic E-state index is 12.9. The van der Waals surface area contributed by atoms with E-state index in [1.165, 1.54) is 23.8 Å². The minimum absolute atomic E-state index is 0.0736. The van der Waals surface area contributed by atoms with E-state index in [2.05, 4.69) is 0 Å². The number of carboxylic acid groups (broad SMARTS) is 1. The summed E-state index contributed by atoms with van der Waals surface area (Å²) in [6.07, 6.45) is 1.34. The van der Waals surface area contributed by atoms with E-state index in [1.54, 1.807) is 37.4 Å². The van der Waals surface area contributed by atoms with E-state index in [1.807, 2.05) is 0 Å². The number of Topliss-reactive ketones (excluding diaryl/α,β-unsaturated/α-hetero) is 1. The van der Waals surface area contributed by atoms with Crippen LogP contribution >= 0.6 is 11.8 Å². The Balaban J connectivity index is 2.49. The molecule has 1 heterocycles. The predicted molar refractivity (Wildman–Crippen MR) is 91.3 cm³/mol. The number of carbonyl (C=O) groups excluding carboxylic acids is 2. The van der Waals surface area contributed by atoms with Gasteiger partial charge in [0.25, 0.3) is 5.91 Å². The number of methoxy groups -OCH3 is 1. The first-order valence-electron chi connectivity index (χ1n) is 7.41. The molecule has 1 aliphatic heterocycles. The maximum absolute atomic E-state index is 12.9. The van der Waals surface area contributed by atoms with Crippen molar-refractivity contribution in [2.75, 3.05) is 19.9 Å². The van der Waals surface area contributed by atoms with Crippen LogP contribution in [0.15, 0.2) is 35.4 Å². The average molecular weight is 349 g/mol. The number of hydrogen-bond acceptors (Lipinski definition) is 5. The number of amides is 1. The van der Waals surface area contributed by atoms with E-state index in [9.17, 15) is 14.4 Å². The zero-order valence-electron chi connectivity index (χ0n) is 13.7. The second kappa shape index (κ2) is 7.53. The molecule has 0 fully saturated rings. The minimum Gasteiger partial charge on any atom is -0.497 e. The van der Waals surface area contributed by atoms with Crippen molar-refractivity contribution in [3.8, 4) is 5.75 Å². The summed E-state index contributed by atoms with van der Waals surface area (Å²) in [5, 5.41) is 8.64. The highest BCUT2D eigenvalue weighted by atomic mass is 32.2. The van der Waals surface area contributed by atoms with Gasteiger partial charge in [-0.2, -0.15) is 0 Å². The Morgan fingerprint density at radius 3 is 2.38 bits per heavy atom. The van der Waals surface area contributed by atoms with Gasteiger partial charge in [0.05, 0.1) is 13.5 Å². The number of ether oxygens (including phenoxy) is 1. The van der Waals surface area contributed by atoms with Crippen LogP contribution in [0.2, 0.25) is 0 Å². The van der Waals surface area contributed by atoms with Crippen LogP contribution in [0.5, 0.6) is 5.75 Å². The van der Waals surface area contributed by atoms with Gasteiger partial charge in [0, 0.05) is 23.3 Å². The standard InChI is InChI=1S/C17H19NO5S/c1-4-18-16(22)12(9-13(19)20)14(17(18)24-3)15(21)10-5-7-11(23-2)8-6-10/h5-8,17H,4,9H2,1-3H3,(H,19,20)/t17-/m0/s1. The van der Waals surface area contributed by atoms with E-state index < -0.39 is 17.8 Å². The van der Waals surface area contributed by atoms with Crippen molar-refractivity contribution in [1.82, 2.24) is 4.90 Å². The van der Waals surface area contributed by atoms with Crippen molar-refractivity contribution >= 4 is 29.4 Å². The number of aliphatic carboxylic acids is 1. The summed E-state index contributed by atoms with van der Waals surface area (Å²) < 4.78 is 5.07. The average Bonchev–Trinajstić information content (AvgIpc) is 2.85. The predicted octanol–water partition coefficient (Wildman–Crippen LogP) is 2.20. The molecule has 24 heavy (non-hydrogen) atoms. The van der Waals surface area contributed by atoms with Gasteiger partial charge in [-0.05, 0) is 37.4 Å². The Labute approximate surface area is 144 Å². The maximum Gasteiger partial charge on any atom is 0.308 e. The molecule has 0 bridgehead atoms. The van der Waals surface area contributed by atoms with Crippen LogP contribution in [0.1, 0.15) is 23.7 Å². The van der Waals surface area contributed by atoms with Crippen LogP contribution in [0.25, 0.3) is 0 Å².